The molecule has 0 saturated heterocycles. The number of nitrogens with one attached hydrogen (secondary N) is 1. The molecule has 6 heteroatoms. The Morgan fingerprint density at radius 3 is 2.90 bits per heavy atom. The van der Waals surface area contributed by atoms with Gasteiger partial charge in [0.15, 0.2) is 0 Å². The van der Waals surface area contributed by atoms with E-state index >= 15 is 0 Å². The summed E-state index contributed by atoms with van der Waals surface area (Å²) < 4.78 is 0. The number of amides is 2. The number of benzene rings is 1. The van der Waals surface area contributed by atoms with Crippen LogP contribution in [-0.2, 0) is 4.79 Å². The number of hydrogen-bond donors (Lipinski definition) is 1. The molecule has 0 fully saturated rings. The standard InChI is InChI=1S/C15H12ClN3O2/c1-9-6-11(16)10(7-17-9)15(21)19-8-14(20)18-12-4-2-3-5-13(12)19/h2-7H,8H2,1H3,(H,18,20). The zero-order valence-corrected chi connectivity index (χ0v) is 12.0. The maximum absolute atomic E-state index is 12.7. The molecule has 1 N–H and O–H groups in total. The van der Waals surface area contributed by atoms with Crippen LogP contribution in [0.4, 0.5) is 11.4 Å². The molecule has 1 aliphatic heterocycles. The van der Waals surface area contributed by atoms with Crippen LogP contribution in [0.3, 0.4) is 0 Å². The summed E-state index contributed by atoms with van der Waals surface area (Å²) in [4.78, 5) is 29.9. The third kappa shape index (κ3) is 2.48. The minimum atomic E-state index is -0.338. The summed E-state index contributed by atoms with van der Waals surface area (Å²) in [6, 6.07) is 8.77. The lowest BCUT2D eigenvalue weighted by molar-refractivity contribution is -0.115. The maximum atomic E-state index is 12.7. The number of aromatic nitrogens is 1. The van der Waals surface area contributed by atoms with Gasteiger partial charge in [-0.25, -0.2) is 0 Å². The van der Waals surface area contributed by atoms with Gasteiger partial charge in [-0.2, -0.15) is 0 Å². The van der Waals surface area contributed by atoms with Crippen molar-refractivity contribution >= 4 is 34.8 Å². The molecule has 0 spiro atoms. The van der Waals surface area contributed by atoms with Crippen LogP contribution < -0.4 is 10.2 Å². The zero-order chi connectivity index (χ0) is 15.0. The highest BCUT2D eigenvalue weighted by atomic mass is 35.5. The highest BCUT2D eigenvalue weighted by Gasteiger charge is 2.28. The third-order valence-electron chi connectivity index (χ3n) is 3.24. The van der Waals surface area contributed by atoms with Crippen molar-refractivity contribution in [3.63, 3.8) is 0 Å². The Morgan fingerprint density at radius 2 is 2.14 bits per heavy atom. The molecule has 2 amide bonds. The summed E-state index contributed by atoms with van der Waals surface area (Å²) in [6.07, 6.45) is 1.44. The number of aryl methyl sites for hydroxylation is 1. The largest absolute Gasteiger partial charge is 0.323 e. The quantitative estimate of drug-likeness (QED) is 0.881. The van der Waals surface area contributed by atoms with Crippen LogP contribution in [0.5, 0.6) is 0 Å². The molecule has 1 aromatic heterocycles. The fourth-order valence-electron chi connectivity index (χ4n) is 2.24. The molecule has 5 nitrogen and oxygen atoms in total. The predicted molar refractivity (Wildman–Crippen MR) is 80.7 cm³/mol. The fourth-order valence-corrected chi connectivity index (χ4v) is 2.53. The summed E-state index contributed by atoms with van der Waals surface area (Å²) in [5, 5.41) is 3.07. The molecule has 2 heterocycles. The van der Waals surface area contributed by atoms with E-state index in [2.05, 4.69) is 10.3 Å². The van der Waals surface area contributed by atoms with E-state index in [0.717, 1.165) is 5.69 Å². The van der Waals surface area contributed by atoms with Crippen molar-refractivity contribution in [2.24, 2.45) is 0 Å². The van der Waals surface area contributed by atoms with E-state index in [9.17, 15) is 9.59 Å². The van der Waals surface area contributed by atoms with Gasteiger partial charge in [0, 0.05) is 11.9 Å². The van der Waals surface area contributed by atoms with Crippen LogP contribution in [0.15, 0.2) is 36.5 Å². The number of para-hydroxylation sites is 2. The number of halogens is 1. The first-order chi connectivity index (χ1) is 10.1. The van der Waals surface area contributed by atoms with Crippen LogP contribution in [0.1, 0.15) is 16.1 Å². The van der Waals surface area contributed by atoms with Crippen molar-refractivity contribution in [2.45, 2.75) is 6.92 Å². The number of rotatable bonds is 1. The van der Waals surface area contributed by atoms with Crippen LogP contribution >= 0.6 is 11.6 Å². The lowest BCUT2D eigenvalue weighted by Crippen LogP contribution is -2.42. The molecular formula is C15H12ClN3O2. The number of pyridine rings is 1. The summed E-state index contributed by atoms with van der Waals surface area (Å²) >= 11 is 6.12. The minimum Gasteiger partial charge on any atom is -0.323 e. The van der Waals surface area contributed by atoms with Crippen molar-refractivity contribution in [3.05, 3.63) is 52.8 Å². The van der Waals surface area contributed by atoms with Gasteiger partial charge in [0.05, 0.1) is 22.0 Å². The molecule has 0 aliphatic carbocycles. The second kappa shape index (κ2) is 5.18. The number of fused-ring (bicyclic) bond motifs is 1. The van der Waals surface area contributed by atoms with E-state index in [1.165, 1.54) is 11.1 Å². The molecule has 2 aromatic rings. The topological polar surface area (TPSA) is 62.3 Å². The van der Waals surface area contributed by atoms with Gasteiger partial charge in [0.2, 0.25) is 5.91 Å². The fraction of sp³-hybridized carbons (Fsp3) is 0.133. The highest BCUT2D eigenvalue weighted by Crippen LogP contribution is 2.31. The first-order valence-electron chi connectivity index (χ1n) is 6.39. The van der Waals surface area contributed by atoms with Crippen molar-refractivity contribution < 1.29 is 9.59 Å². The Morgan fingerprint density at radius 1 is 1.38 bits per heavy atom. The summed E-state index contributed by atoms with van der Waals surface area (Å²) in [5.41, 5.74) is 2.28. The van der Waals surface area contributed by atoms with E-state index in [-0.39, 0.29) is 23.9 Å². The van der Waals surface area contributed by atoms with Gasteiger partial charge < -0.3 is 5.32 Å². The maximum Gasteiger partial charge on any atom is 0.261 e. The van der Waals surface area contributed by atoms with Gasteiger partial charge in [-0.3, -0.25) is 19.5 Å². The van der Waals surface area contributed by atoms with Crippen molar-refractivity contribution in [2.75, 3.05) is 16.8 Å². The predicted octanol–water partition coefficient (Wildman–Crippen LogP) is 2.64. The molecule has 3 rings (SSSR count). The van der Waals surface area contributed by atoms with Gasteiger partial charge in [-0.05, 0) is 25.1 Å². The van der Waals surface area contributed by atoms with E-state index < -0.39 is 0 Å². The first-order valence-corrected chi connectivity index (χ1v) is 6.77. The second-order valence-electron chi connectivity index (χ2n) is 4.76. The summed E-state index contributed by atoms with van der Waals surface area (Å²) in [6.45, 7) is 1.75. The average Bonchev–Trinajstić information content (AvgIpc) is 2.45. The van der Waals surface area contributed by atoms with E-state index in [4.69, 9.17) is 11.6 Å². The Hall–Kier alpha value is -2.40. The monoisotopic (exact) mass is 301 g/mol. The Balaban J connectivity index is 2.04. The normalized spacial score (nSPS) is 13.6. The van der Waals surface area contributed by atoms with Crippen LogP contribution in [-0.4, -0.2) is 23.3 Å². The Labute approximate surface area is 126 Å². The molecule has 0 unspecified atom stereocenters. The Bertz CT molecular complexity index is 745. The van der Waals surface area contributed by atoms with Crippen molar-refractivity contribution in [1.29, 1.82) is 0 Å². The molecule has 0 bridgehead atoms. The Kier molecular flexibility index (Phi) is 3.35. The number of hydrogen-bond acceptors (Lipinski definition) is 3. The summed E-state index contributed by atoms with van der Waals surface area (Å²) in [7, 11) is 0. The number of carbonyl (C=O) groups excluding carboxylic acids is 2. The van der Waals surface area contributed by atoms with Gasteiger partial charge in [0.1, 0.15) is 6.54 Å². The zero-order valence-electron chi connectivity index (χ0n) is 11.3. The average molecular weight is 302 g/mol. The van der Waals surface area contributed by atoms with Gasteiger partial charge >= 0.3 is 0 Å². The molecule has 1 aliphatic rings. The number of anilines is 2. The molecule has 21 heavy (non-hydrogen) atoms. The third-order valence-corrected chi connectivity index (χ3v) is 3.55. The highest BCUT2D eigenvalue weighted by molar-refractivity contribution is 6.34. The molecule has 0 radical (unpaired) electrons. The number of carbonyl (C=O) groups is 2. The van der Waals surface area contributed by atoms with Gasteiger partial charge in [-0.1, -0.05) is 23.7 Å². The van der Waals surface area contributed by atoms with E-state index in [1.54, 1.807) is 31.2 Å². The van der Waals surface area contributed by atoms with Gasteiger partial charge in [-0.15, -0.1) is 0 Å². The van der Waals surface area contributed by atoms with E-state index in [0.29, 0.717) is 16.4 Å². The first kappa shape index (κ1) is 13.6. The van der Waals surface area contributed by atoms with Crippen LogP contribution in [0.25, 0.3) is 0 Å². The van der Waals surface area contributed by atoms with Crippen molar-refractivity contribution in [3.8, 4) is 0 Å². The lowest BCUT2D eigenvalue weighted by Gasteiger charge is -2.29. The summed E-state index contributed by atoms with van der Waals surface area (Å²) in [5.74, 6) is -0.576. The van der Waals surface area contributed by atoms with Crippen LogP contribution in [0.2, 0.25) is 5.02 Å². The van der Waals surface area contributed by atoms with Crippen LogP contribution in [0, 0.1) is 6.92 Å². The molecular weight excluding hydrogens is 290 g/mol. The van der Waals surface area contributed by atoms with Crippen molar-refractivity contribution in [1.82, 2.24) is 4.98 Å². The SMILES string of the molecule is Cc1cc(Cl)c(C(=O)N2CC(=O)Nc3ccccc32)cn1. The molecule has 0 atom stereocenters. The van der Waals surface area contributed by atoms with E-state index in [1.807, 2.05) is 6.07 Å². The lowest BCUT2D eigenvalue weighted by atomic mass is 10.1. The molecule has 1 aromatic carbocycles. The molecule has 106 valence electrons. The van der Waals surface area contributed by atoms with Gasteiger partial charge in [0.25, 0.3) is 5.91 Å². The second-order valence-corrected chi connectivity index (χ2v) is 5.17. The molecule has 0 saturated carbocycles. The number of nitrogens with zero attached hydrogens (tertiary/aromatic N) is 2. The minimum absolute atomic E-state index is 0.0416. The smallest absolute Gasteiger partial charge is 0.261 e.